The van der Waals surface area contributed by atoms with Crippen molar-refractivity contribution >= 4 is 5.97 Å². The molecule has 0 amide bonds. The van der Waals surface area contributed by atoms with Crippen molar-refractivity contribution in [3.63, 3.8) is 0 Å². The third-order valence-corrected chi connectivity index (χ3v) is 2.92. The fraction of sp³-hybridized carbons (Fsp3) is 0.267. The van der Waals surface area contributed by atoms with Crippen LogP contribution >= 0.6 is 0 Å². The molecular formula is C15H16O4. The fourth-order valence-electron chi connectivity index (χ4n) is 2.18. The van der Waals surface area contributed by atoms with Gasteiger partial charge in [0.2, 0.25) is 5.76 Å². The molecule has 0 bridgehead atoms. The normalized spacial score (nSPS) is 10.5. The minimum Gasteiger partial charge on any atom is -0.488 e. The number of aryl methyl sites for hydroxylation is 3. The lowest BCUT2D eigenvalue weighted by atomic mass is 10.1. The zero-order valence-electron chi connectivity index (χ0n) is 11.2. The predicted octanol–water partition coefficient (Wildman–Crippen LogP) is 3.48. The number of ether oxygens (including phenoxy) is 1. The first-order valence-corrected chi connectivity index (χ1v) is 5.99. The molecule has 100 valence electrons. The number of rotatable bonds is 4. The Bertz CT molecular complexity index is 587. The molecule has 0 radical (unpaired) electrons. The number of hydrogen-bond acceptors (Lipinski definition) is 3. The molecule has 0 atom stereocenters. The van der Waals surface area contributed by atoms with E-state index in [1.54, 1.807) is 6.07 Å². The molecule has 0 saturated heterocycles. The van der Waals surface area contributed by atoms with Crippen LogP contribution in [0.1, 0.15) is 32.8 Å². The van der Waals surface area contributed by atoms with Gasteiger partial charge in [-0.15, -0.1) is 0 Å². The lowest BCUT2D eigenvalue weighted by molar-refractivity contribution is 0.0658. The molecule has 1 heterocycles. The zero-order chi connectivity index (χ0) is 14.0. The molecule has 4 heteroatoms. The number of aromatic carboxylic acids is 1. The smallest absolute Gasteiger partial charge is 0.372 e. The standard InChI is InChI=1S/C15H16O4/c1-9-6-10(2)13(11(3)7-9)19-8-12-4-5-18-14(12)15(16)17/h4-7H,8H2,1-3H3,(H,16,17). The van der Waals surface area contributed by atoms with Crippen LogP contribution in [0, 0.1) is 20.8 Å². The average Bonchev–Trinajstić information content (AvgIpc) is 2.75. The highest BCUT2D eigenvalue weighted by atomic mass is 16.5. The van der Waals surface area contributed by atoms with E-state index in [4.69, 9.17) is 14.3 Å². The molecule has 0 saturated carbocycles. The van der Waals surface area contributed by atoms with Gasteiger partial charge in [-0.3, -0.25) is 0 Å². The van der Waals surface area contributed by atoms with Crippen molar-refractivity contribution in [3.05, 3.63) is 52.5 Å². The van der Waals surface area contributed by atoms with E-state index >= 15 is 0 Å². The van der Waals surface area contributed by atoms with Gasteiger partial charge in [0.1, 0.15) is 12.4 Å². The van der Waals surface area contributed by atoms with Crippen LogP contribution in [0.2, 0.25) is 0 Å². The molecule has 4 nitrogen and oxygen atoms in total. The van der Waals surface area contributed by atoms with Gasteiger partial charge in [0.15, 0.2) is 0 Å². The summed E-state index contributed by atoms with van der Waals surface area (Å²) in [4.78, 5) is 10.9. The maximum atomic E-state index is 10.9. The Labute approximate surface area is 111 Å². The Kier molecular flexibility index (Phi) is 3.60. The van der Waals surface area contributed by atoms with E-state index < -0.39 is 5.97 Å². The van der Waals surface area contributed by atoms with Crippen LogP contribution in [0.25, 0.3) is 0 Å². The summed E-state index contributed by atoms with van der Waals surface area (Å²) >= 11 is 0. The van der Waals surface area contributed by atoms with Gasteiger partial charge >= 0.3 is 5.97 Å². The van der Waals surface area contributed by atoms with E-state index in [1.807, 2.05) is 32.9 Å². The third-order valence-electron chi connectivity index (χ3n) is 2.92. The summed E-state index contributed by atoms with van der Waals surface area (Å²) in [6, 6.07) is 5.69. The summed E-state index contributed by atoms with van der Waals surface area (Å²) < 4.78 is 10.6. The molecule has 0 fully saturated rings. The van der Waals surface area contributed by atoms with Gasteiger partial charge in [-0.05, 0) is 38.0 Å². The van der Waals surface area contributed by atoms with Gasteiger partial charge in [-0.2, -0.15) is 0 Å². The maximum Gasteiger partial charge on any atom is 0.372 e. The Morgan fingerprint density at radius 2 is 1.89 bits per heavy atom. The number of carboxylic acids is 1. The van der Waals surface area contributed by atoms with E-state index in [9.17, 15) is 4.79 Å². The van der Waals surface area contributed by atoms with Crippen molar-refractivity contribution in [2.24, 2.45) is 0 Å². The molecular weight excluding hydrogens is 244 g/mol. The predicted molar refractivity (Wildman–Crippen MR) is 70.7 cm³/mol. The molecule has 0 aliphatic heterocycles. The van der Waals surface area contributed by atoms with Crippen molar-refractivity contribution < 1.29 is 19.1 Å². The van der Waals surface area contributed by atoms with E-state index in [0.717, 1.165) is 16.9 Å². The summed E-state index contributed by atoms with van der Waals surface area (Å²) in [5.41, 5.74) is 3.79. The Hall–Kier alpha value is -2.23. The van der Waals surface area contributed by atoms with Crippen molar-refractivity contribution in [2.75, 3.05) is 0 Å². The van der Waals surface area contributed by atoms with Crippen LogP contribution in [0.15, 0.2) is 28.9 Å². The lowest BCUT2D eigenvalue weighted by Gasteiger charge is -2.12. The number of hydrogen-bond donors (Lipinski definition) is 1. The van der Waals surface area contributed by atoms with Gasteiger partial charge in [-0.25, -0.2) is 4.79 Å². The Morgan fingerprint density at radius 3 is 2.47 bits per heavy atom. The number of carboxylic acid groups (broad SMARTS) is 1. The van der Waals surface area contributed by atoms with E-state index in [1.165, 1.54) is 11.8 Å². The average molecular weight is 260 g/mol. The molecule has 0 aliphatic rings. The van der Waals surface area contributed by atoms with E-state index in [0.29, 0.717) is 5.56 Å². The molecule has 2 rings (SSSR count). The highest BCUT2D eigenvalue weighted by Crippen LogP contribution is 2.26. The number of carbonyl (C=O) groups is 1. The second-order valence-electron chi connectivity index (χ2n) is 4.60. The van der Waals surface area contributed by atoms with Crippen molar-refractivity contribution in [1.29, 1.82) is 0 Å². The highest BCUT2D eigenvalue weighted by Gasteiger charge is 2.15. The van der Waals surface area contributed by atoms with Crippen LogP contribution < -0.4 is 4.74 Å². The van der Waals surface area contributed by atoms with Gasteiger partial charge < -0.3 is 14.3 Å². The topological polar surface area (TPSA) is 59.7 Å². The summed E-state index contributed by atoms with van der Waals surface area (Å²) in [7, 11) is 0. The number of furan rings is 1. The minimum atomic E-state index is -1.08. The summed E-state index contributed by atoms with van der Waals surface area (Å²) in [5, 5.41) is 8.95. The molecule has 0 aliphatic carbocycles. The molecule has 19 heavy (non-hydrogen) atoms. The quantitative estimate of drug-likeness (QED) is 0.914. The molecule has 1 aromatic heterocycles. The molecule has 1 aromatic carbocycles. The van der Waals surface area contributed by atoms with Crippen LogP contribution in [0.4, 0.5) is 0 Å². The van der Waals surface area contributed by atoms with Crippen LogP contribution in [-0.4, -0.2) is 11.1 Å². The fourth-order valence-corrected chi connectivity index (χ4v) is 2.18. The first-order valence-electron chi connectivity index (χ1n) is 5.99. The molecule has 0 spiro atoms. The SMILES string of the molecule is Cc1cc(C)c(OCc2ccoc2C(=O)O)c(C)c1. The molecule has 0 unspecified atom stereocenters. The zero-order valence-corrected chi connectivity index (χ0v) is 11.2. The second kappa shape index (κ2) is 5.18. The second-order valence-corrected chi connectivity index (χ2v) is 4.60. The first-order chi connectivity index (χ1) is 8.99. The van der Waals surface area contributed by atoms with Gasteiger partial charge in [0, 0.05) is 5.56 Å². The number of benzene rings is 1. The van der Waals surface area contributed by atoms with Crippen molar-refractivity contribution in [2.45, 2.75) is 27.4 Å². The van der Waals surface area contributed by atoms with Gasteiger partial charge in [0.05, 0.1) is 6.26 Å². The monoisotopic (exact) mass is 260 g/mol. The Morgan fingerprint density at radius 1 is 1.26 bits per heavy atom. The van der Waals surface area contributed by atoms with E-state index in [-0.39, 0.29) is 12.4 Å². The van der Waals surface area contributed by atoms with Crippen molar-refractivity contribution in [3.8, 4) is 5.75 Å². The first kappa shape index (κ1) is 13.2. The van der Waals surface area contributed by atoms with Crippen molar-refractivity contribution in [1.82, 2.24) is 0 Å². The Balaban J connectivity index is 2.19. The largest absolute Gasteiger partial charge is 0.488 e. The third kappa shape index (κ3) is 2.78. The van der Waals surface area contributed by atoms with Crippen LogP contribution in [-0.2, 0) is 6.61 Å². The highest BCUT2D eigenvalue weighted by molar-refractivity contribution is 5.86. The molecule has 2 aromatic rings. The van der Waals surface area contributed by atoms with Gasteiger partial charge in [-0.1, -0.05) is 17.7 Å². The molecule has 1 N–H and O–H groups in total. The summed E-state index contributed by atoms with van der Waals surface area (Å²) in [6.45, 7) is 6.16. The maximum absolute atomic E-state index is 10.9. The van der Waals surface area contributed by atoms with Crippen LogP contribution in [0.5, 0.6) is 5.75 Å². The van der Waals surface area contributed by atoms with Gasteiger partial charge in [0.25, 0.3) is 0 Å². The summed E-state index contributed by atoms with van der Waals surface area (Å²) in [5.74, 6) is -0.355. The van der Waals surface area contributed by atoms with E-state index in [2.05, 4.69) is 0 Å². The summed E-state index contributed by atoms with van der Waals surface area (Å²) in [6.07, 6.45) is 1.36. The lowest BCUT2D eigenvalue weighted by Crippen LogP contribution is -2.04. The van der Waals surface area contributed by atoms with Crippen LogP contribution in [0.3, 0.4) is 0 Å². The minimum absolute atomic E-state index is 0.0672.